The molecule has 0 spiro atoms. The lowest BCUT2D eigenvalue weighted by Crippen LogP contribution is -2.51. The highest BCUT2D eigenvalue weighted by Gasteiger charge is 2.24. The van der Waals surface area contributed by atoms with Crippen molar-refractivity contribution in [1.82, 2.24) is 15.1 Å². The van der Waals surface area contributed by atoms with Gasteiger partial charge in [0.05, 0.1) is 6.54 Å². The predicted molar refractivity (Wildman–Crippen MR) is 75.2 cm³/mol. The first-order chi connectivity index (χ1) is 9.70. The number of ether oxygens (including phenoxy) is 1. The number of nitrogens with one attached hydrogen (secondary N) is 1. The first-order valence-corrected chi connectivity index (χ1v) is 7.56. The van der Waals surface area contributed by atoms with Gasteiger partial charge in [0.25, 0.3) is 0 Å². The van der Waals surface area contributed by atoms with E-state index in [1.807, 2.05) is 4.90 Å². The lowest BCUT2D eigenvalue weighted by Gasteiger charge is -2.34. The molecule has 2 amide bonds. The lowest BCUT2D eigenvalue weighted by atomic mass is 9.99. The minimum absolute atomic E-state index is 0.00570. The van der Waals surface area contributed by atoms with Crippen molar-refractivity contribution in [1.29, 1.82) is 0 Å². The number of hydrogen-bond donors (Lipinski definition) is 1. The SMILES string of the molecule is CCN1CCN(C(=O)CNC(=O)C2CCOCC2)CC1. The third-order valence-electron chi connectivity index (χ3n) is 4.18. The topological polar surface area (TPSA) is 61.9 Å². The zero-order valence-electron chi connectivity index (χ0n) is 12.3. The Morgan fingerprint density at radius 3 is 2.40 bits per heavy atom. The molecule has 6 heteroatoms. The van der Waals surface area contributed by atoms with Gasteiger partial charge in [-0.3, -0.25) is 9.59 Å². The normalized spacial score (nSPS) is 21.8. The van der Waals surface area contributed by atoms with Gasteiger partial charge in [-0.25, -0.2) is 0 Å². The van der Waals surface area contributed by atoms with E-state index in [-0.39, 0.29) is 24.3 Å². The molecule has 20 heavy (non-hydrogen) atoms. The van der Waals surface area contributed by atoms with E-state index in [1.54, 1.807) is 0 Å². The molecule has 0 radical (unpaired) electrons. The first kappa shape index (κ1) is 15.3. The molecule has 0 aromatic heterocycles. The molecule has 0 aromatic carbocycles. The summed E-state index contributed by atoms with van der Waals surface area (Å²) in [5.41, 5.74) is 0. The molecule has 2 rings (SSSR count). The summed E-state index contributed by atoms with van der Waals surface area (Å²) in [7, 11) is 0. The second kappa shape index (κ2) is 7.59. The van der Waals surface area contributed by atoms with E-state index in [0.717, 1.165) is 45.6 Å². The molecule has 0 atom stereocenters. The molecule has 2 heterocycles. The molecule has 0 aliphatic carbocycles. The van der Waals surface area contributed by atoms with E-state index in [2.05, 4.69) is 17.1 Å². The van der Waals surface area contributed by atoms with Gasteiger partial charge >= 0.3 is 0 Å². The number of piperazine rings is 1. The van der Waals surface area contributed by atoms with Crippen LogP contribution in [-0.4, -0.2) is 74.1 Å². The van der Waals surface area contributed by atoms with Crippen LogP contribution in [0.15, 0.2) is 0 Å². The molecule has 2 aliphatic rings. The minimum atomic E-state index is -0.00570. The molecule has 0 aromatic rings. The Morgan fingerprint density at radius 1 is 1.15 bits per heavy atom. The summed E-state index contributed by atoms with van der Waals surface area (Å²) in [6, 6.07) is 0. The van der Waals surface area contributed by atoms with Crippen LogP contribution in [0.5, 0.6) is 0 Å². The van der Waals surface area contributed by atoms with Crippen LogP contribution >= 0.6 is 0 Å². The molecule has 1 N–H and O–H groups in total. The van der Waals surface area contributed by atoms with Crippen LogP contribution in [0.4, 0.5) is 0 Å². The van der Waals surface area contributed by atoms with Gasteiger partial charge in [0, 0.05) is 45.3 Å². The maximum absolute atomic E-state index is 12.0. The maximum atomic E-state index is 12.0. The average Bonchev–Trinajstić information content (AvgIpc) is 2.53. The van der Waals surface area contributed by atoms with Gasteiger partial charge in [-0.05, 0) is 19.4 Å². The summed E-state index contributed by atoms with van der Waals surface area (Å²) in [5, 5.41) is 2.78. The molecular weight excluding hydrogens is 258 g/mol. The quantitative estimate of drug-likeness (QED) is 0.769. The smallest absolute Gasteiger partial charge is 0.242 e. The Bertz CT molecular complexity index is 335. The van der Waals surface area contributed by atoms with E-state index in [1.165, 1.54) is 0 Å². The molecule has 0 unspecified atom stereocenters. The van der Waals surface area contributed by atoms with Crippen molar-refractivity contribution in [2.45, 2.75) is 19.8 Å². The zero-order valence-corrected chi connectivity index (χ0v) is 12.3. The van der Waals surface area contributed by atoms with Gasteiger partial charge in [-0.2, -0.15) is 0 Å². The minimum Gasteiger partial charge on any atom is -0.381 e. The fourth-order valence-corrected chi connectivity index (χ4v) is 2.69. The van der Waals surface area contributed by atoms with Gasteiger partial charge in [0.2, 0.25) is 11.8 Å². The van der Waals surface area contributed by atoms with E-state index in [0.29, 0.717) is 13.2 Å². The molecule has 0 saturated carbocycles. The highest BCUT2D eigenvalue weighted by molar-refractivity contribution is 5.85. The first-order valence-electron chi connectivity index (χ1n) is 7.56. The van der Waals surface area contributed by atoms with E-state index < -0.39 is 0 Å². The number of likely N-dealkylation sites (N-methyl/N-ethyl adjacent to an activating group) is 1. The number of nitrogens with zero attached hydrogens (tertiary/aromatic N) is 2. The van der Waals surface area contributed by atoms with Gasteiger partial charge in [0.15, 0.2) is 0 Å². The Morgan fingerprint density at radius 2 is 1.80 bits per heavy atom. The van der Waals surface area contributed by atoms with E-state index in [4.69, 9.17) is 4.74 Å². The third-order valence-corrected chi connectivity index (χ3v) is 4.18. The van der Waals surface area contributed by atoms with Gasteiger partial charge < -0.3 is 19.9 Å². The van der Waals surface area contributed by atoms with Gasteiger partial charge in [-0.15, -0.1) is 0 Å². The van der Waals surface area contributed by atoms with Crippen LogP contribution in [0.2, 0.25) is 0 Å². The van der Waals surface area contributed by atoms with Gasteiger partial charge in [-0.1, -0.05) is 6.92 Å². The molecule has 2 aliphatic heterocycles. The Hall–Kier alpha value is -1.14. The summed E-state index contributed by atoms with van der Waals surface area (Å²) in [6.45, 7) is 7.96. The van der Waals surface area contributed by atoms with Crippen molar-refractivity contribution < 1.29 is 14.3 Å². The number of hydrogen-bond acceptors (Lipinski definition) is 4. The molecule has 0 bridgehead atoms. The molecule has 6 nitrogen and oxygen atoms in total. The number of rotatable bonds is 4. The highest BCUT2D eigenvalue weighted by Crippen LogP contribution is 2.14. The third kappa shape index (κ3) is 4.18. The second-order valence-corrected chi connectivity index (χ2v) is 5.42. The molecule has 2 fully saturated rings. The van der Waals surface area contributed by atoms with Crippen molar-refractivity contribution in [3.63, 3.8) is 0 Å². The summed E-state index contributed by atoms with van der Waals surface area (Å²) < 4.78 is 5.23. The monoisotopic (exact) mass is 283 g/mol. The van der Waals surface area contributed by atoms with E-state index >= 15 is 0 Å². The van der Waals surface area contributed by atoms with Crippen molar-refractivity contribution in [3.05, 3.63) is 0 Å². The molecule has 2 saturated heterocycles. The fourth-order valence-electron chi connectivity index (χ4n) is 2.69. The van der Waals surface area contributed by atoms with Crippen LogP contribution in [0.25, 0.3) is 0 Å². The number of amides is 2. The number of carbonyl (C=O) groups excluding carboxylic acids is 2. The van der Waals surface area contributed by atoms with Crippen molar-refractivity contribution in [2.75, 3.05) is 52.5 Å². The van der Waals surface area contributed by atoms with Crippen molar-refractivity contribution in [3.8, 4) is 0 Å². The van der Waals surface area contributed by atoms with Crippen LogP contribution in [0.1, 0.15) is 19.8 Å². The summed E-state index contributed by atoms with van der Waals surface area (Å²) in [4.78, 5) is 28.2. The zero-order chi connectivity index (χ0) is 14.4. The molecular formula is C14H25N3O3. The predicted octanol–water partition coefficient (Wildman–Crippen LogP) is -0.307. The summed E-state index contributed by atoms with van der Waals surface area (Å²) >= 11 is 0. The van der Waals surface area contributed by atoms with Gasteiger partial charge in [0.1, 0.15) is 0 Å². The summed E-state index contributed by atoms with van der Waals surface area (Å²) in [6.07, 6.45) is 1.52. The maximum Gasteiger partial charge on any atom is 0.242 e. The lowest BCUT2D eigenvalue weighted by molar-refractivity contribution is -0.136. The average molecular weight is 283 g/mol. The van der Waals surface area contributed by atoms with E-state index in [9.17, 15) is 9.59 Å². The Kier molecular flexibility index (Phi) is 5.79. The van der Waals surface area contributed by atoms with Crippen LogP contribution in [-0.2, 0) is 14.3 Å². The molecule has 114 valence electrons. The Balaban J connectivity index is 1.68. The fraction of sp³-hybridized carbons (Fsp3) is 0.857. The Labute approximate surface area is 120 Å². The van der Waals surface area contributed by atoms with Crippen LogP contribution in [0, 0.1) is 5.92 Å². The van der Waals surface area contributed by atoms with Crippen LogP contribution in [0.3, 0.4) is 0 Å². The van der Waals surface area contributed by atoms with Crippen LogP contribution < -0.4 is 5.32 Å². The highest BCUT2D eigenvalue weighted by atomic mass is 16.5. The largest absolute Gasteiger partial charge is 0.381 e. The standard InChI is InChI=1S/C14H25N3O3/c1-2-16-5-7-17(8-6-16)13(18)11-15-14(19)12-3-9-20-10-4-12/h12H,2-11H2,1H3,(H,15,19). The van der Waals surface area contributed by atoms with Crippen molar-refractivity contribution in [2.24, 2.45) is 5.92 Å². The second-order valence-electron chi connectivity index (χ2n) is 5.42. The number of carbonyl (C=O) groups is 2. The summed E-state index contributed by atoms with van der Waals surface area (Å²) in [5.74, 6) is 0.0310. The van der Waals surface area contributed by atoms with Crippen molar-refractivity contribution >= 4 is 11.8 Å².